The molecule has 142 valence electrons. The molecule has 27 heavy (non-hydrogen) atoms. The quantitative estimate of drug-likeness (QED) is 0.563. The zero-order valence-corrected chi connectivity index (χ0v) is 16.5. The van der Waals surface area contributed by atoms with Crippen molar-refractivity contribution < 1.29 is 9.47 Å². The third kappa shape index (κ3) is 6.14. The Bertz CT molecular complexity index is 815. The van der Waals surface area contributed by atoms with E-state index in [-0.39, 0.29) is 5.17 Å². The van der Waals surface area contributed by atoms with Crippen LogP contribution in [-0.4, -0.2) is 43.2 Å². The van der Waals surface area contributed by atoms with Gasteiger partial charge in [-0.05, 0) is 61.0 Å². The van der Waals surface area contributed by atoms with Crippen LogP contribution < -0.4 is 15.2 Å². The van der Waals surface area contributed by atoms with E-state index in [4.69, 9.17) is 20.6 Å². The Balaban J connectivity index is 1.97. The van der Waals surface area contributed by atoms with Crippen LogP contribution in [0.1, 0.15) is 18.1 Å². The molecule has 0 radical (unpaired) electrons. The van der Waals surface area contributed by atoms with E-state index in [0.29, 0.717) is 18.2 Å². The van der Waals surface area contributed by atoms with Gasteiger partial charge in [0.25, 0.3) is 0 Å². The number of nitrogens with one attached hydrogen (secondary N) is 1. The molecular formula is C20H24N4O2S. The molecule has 3 N–H and O–H groups in total. The lowest BCUT2D eigenvalue weighted by atomic mass is 10.1. The predicted octanol–water partition coefficient (Wildman–Crippen LogP) is 3.59. The number of amidine groups is 2. The van der Waals surface area contributed by atoms with Crippen molar-refractivity contribution in [3.8, 4) is 11.5 Å². The number of thioether (sulfide) groups is 1. The number of hydrogen-bond donors (Lipinski definition) is 2. The first kappa shape index (κ1) is 20.5. The van der Waals surface area contributed by atoms with Gasteiger partial charge in [0.15, 0.2) is 5.17 Å². The zero-order valence-electron chi connectivity index (χ0n) is 15.7. The van der Waals surface area contributed by atoms with E-state index < -0.39 is 0 Å². The van der Waals surface area contributed by atoms with Gasteiger partial charge in [-0.3, -0.25) is 10.4 Å². The third-order valence-corrected chi connectivity index (χ3v) is 4.50. The fraction of sp³-hybridized carbons (Fsp3) is 0.250. The maximum absolute atomic E-state index is 8.06. The Morgan fingerprint density at radius 1 is 1.04 bits per heavy atom. The minimum atomic E-state index is 0.135. The van der Waals surface area contributed by atoms with Gasteiger partial charge in [0.1, 0.15) is 17.3 Å². The number of hydrogen-bond acceptors (Lipinski definition) is 5. The highest BCUT2D eigenvalue weighted by molar-refractivity contribution is 8.14. The van der Waals surface area contributed by atoms with Crippen LogP contribution in [0.5, 0.6) is 11.5 Å². The second-order valence-electron chi connectivity index (χ2n) is 5.45. The lowest BCUT2D eigenvalue weighted by Crippen LogP contribution is -2.15. The molecule has 0 atom stereocenters. The molecule has 0 aliphatic heterocycles. The summed E-state index contributed by atoms with van der Waals surface area (Å²) in [6, 6.07) is 15.0. The highest BCUT2D eigenvalue weighted by Crippen LogP contribution is 2.16. The van der Waals surface area contributed by atoms with Gasteiger partial charge in [0, 0.05) is 18.4 Å². The minimum Gasteiger partial charge on any atom is -0.497 e. The molecule has 0 aliphatic rings. The molecule has 0 heterocycles. The van der Waals surface area contributed by atoms with Crippen LogP contribution >= 0.6 is 11.8 Å². The molecule has 0 fully saturated rings. The average molecular weight is 385 g/mol. The molecule has 0 aliphatic carbocycles. The smallest absolute Gasteiger partial charge is 0.182 e. The van der Waals surface area contributed by atoms with E-state index >= 15 is 0 Å². The van der Waals surface area contributed by atoms with Crippen molar-refractivity contribution in [3.05, 3.63) is 59.7 Å². The summed E-state index contributed by atoms with van der Waals surface area (Å²) >= 11 is 1.28. The summed E-state index contributed by atoms with van der Waals surface area (Å²) in [6.45, 7) is 2.59. The van der Waals surface area contributed by atoms with Crippen LogP contribution in [-0.2, 0) is 0 Å². The summed E-state index contributed by atoms with van der Waals surface area (Å²) < 4.78 is 10.6. The lowest BCUT2D eigenvalue weighted by molar-refractivity contribution is 0.340. The molecular weight excluding hydrogens is 360 g/mol. The van der Waals surface area contributed by atoms with Crippen LogP contribution in [0.4, 0.5) is 0 Å². The topological polar surface area (TPSA) is 93.0 Å². The zero-order chi connectivity index (χ0) is 19.6. The number of methoxy groups -OCH3 is 1. The van der Waals surface area contributed by atoms with Crippen molar-refractivity contribution in [3.63, 3.8) is 0 Å². The first-order valence-electron chi connectivity index (χ1n) is 8.46. The van der Waals surface area contributed by atoms with E-state index in [9.17, 15) is 0 Å². The van der Waals surface area contributed by atoms with Crippen molar-refractivity contribution in [1.29, 1.82) is 5.41 Å². The maximum atomic E-state index is 8.06. The van der Waals surface area contributed by atoms with Crippen molar-refractivity contribution in [2.45, 2.75) is 6.92 Å². The molecule has 0 bridgehead atoms. The summed E-state index contributed by atoms with van der Waals surface area (Å²) in [5.74, 6) is 2.40. The minimum absolute atomic E-state index is 0.135. The number of nitrogens with two attached hydrogens (primary N) is 1. The van der Waals surface area contributed by atoms with Gasteiger partial charge in [0.05, 0.1) is 19.4 Å². The monoisotopic (exact) mass is 384 g/mol. The fourth-order valence-electron chi connectivity index (χ4n) is 2.29. The maximum Gasteiger partial charge on any atom is 0.182 e. The molecule has 0 spiro atoms. The highest BCUT2D eigenvalue weighted by atomic mass is 32.2. The molecule has 6 nitrogen and oxygen atoms in total. The van der Waals surface area contributed by atoms with E-state index in [0.717, 1.165) is 28.3 Å². The molecule has 7 heteroatoms. The van der Waals surface area contributed by atoms with Crippen molar-refractivity contribution in [1.82, 2.24) is 0 Å². The second kappa shape index (κ2) is 10.4. The average Bonchev–Trinajstić information content (AvgIpc) is 2.70. The molecule has 0 aromatic heterocycles. The van der Waals surface area contributed by atoms with E-state index in [1.54, 1.807) is 14.2 Å². The van der Waals surface area contributed by atoms with Crippen LogP contribution in [0.3, 0.4) is 0 Å². The van der Waals surface area contributed by atoms with Gasteiger partial charge in [-0.15, -0.1) is 0 Å². The number of ether oxygens (including phenoxy) is 2. The van der Waals surface area contributed by atoms with Gasteiger partial charge in [-0.2, -0.15) is 0 Å². The van der Waals surface area contributed by atoms with E-state index in [1.165, 1.54) is 11.8 Å². The van der Waals surface area contributed by atoms with Gasteiger partial charge in [-0.25, -0.2) is 4.99 Å². The normalized spacial score (nSPS) is 12.0. The Labute approximate surface area is 164 Å². The third-order valence-electron chi connectivity index (χ3n) is 3.72. The number of aliphatic imine (C=N–C) groups is 2. The fourth-order valence-corrected chi connectivity index (χ4v) is 3.02. The number of benzene rings is 2. The number of nitrogens with zero attached hydrogens (tertiary/aromatic N) is 2. The molecule has 0 saturated heterocycles. The van der Waals surface area contributed by atoms with Crippen LogP contribution in [0.15, 0.2) is 58.5 Å². The Hall–Kier alpha value is -2.80. The lowest BCUT2D eigenvalue weighted by Gasteiger charge is -2.08. The second-order valence-corrected chi connectivity index (χ2v) is 6.41. The molecule has 0 saturated carbocycles. The van der Waals surface area contributed by atoms with Crippen molar-refractivity contribution in [2.75, 3.05) is 26.5 Å². The number of rotatable bonds is 7. The molecule has 0 unspecified atom stereocenters. The Morgan fingerprint density at radius 2 is 1.63 bits per heavy atom. The van der Waals surface area contributed by atoms with Gasteiger partial charge < -0.3 is 15.2 Å². The SMILES string of the molecule is CCOc1ccc(C(CSC(=N)/N=C(\N)c2ccc(OC)cc2)=NC)cc1. The van der Waals surface area contributed by atoms with Crippen molar-refractivity contribution >= 4 is 28.5 Å². The first-order valence-corrected chi connectivity index (χ1v) is 9.44. The standard InChI is InChI=1S/C20H24N4O2S/c1-4-26-17-11-5-14(6-12-17)18(23-2)13-27-20(22)24-19(21)15-7-9-16(25-3)10-8-15/h5-12H,4,13H2,1-3H3,(H3,21,22,24). The Morgan fingerprint density at radius 3 is 2.19 bits per heavy atom. The van der Waals surface area contributed by atoms with Gasteiger partial charge in [0.2, 0.25) is 0 Å². The Kier molecular flexibility index (Phi) is 7.88. The van der Waals surface area contributed by atoms with Crippen LogP contribution in [0.25, 0.3) is 0 Å². The largest absolute Gasteiger partial charge is 0.497 e. The van der Waals surface area contributed by atoms with Gasteiger partial charge >= 0.3 is 0 Å². The summed E-state index contributed by atoms with van der Waals surface area (Å²) in [6.07, 6.45) is 0. The first-order chi connectivity index (χ1) is 13.1. The summed E-state index contributed by atoms with van der Waals surface area (Å²) in [5, 5.41) is 8.20. The molecule has 2 rings (SSSR count). The summed E-state index contributed by atoms with van der Waals surface area (Å²) in [5.41, 5.74) is 8.62. The molecule has 2 aromatic rings. The molecule has 2 aromatic carbocycles. The van der Waals surface area contributed by atoms with E-state index in [1.807, 2.05) is 55.5 Å². The summed E-state index contributed by atoms with van der Waals surface area (Å²) in [4.78, 5) is 8.49. The predicted molar refractivity (Wildman–Crippen MR) is 114 cm³/mol. The van der Waals surface area contributed by atoms with Crippen LogP contribution in [0, 0.1) is 5.41 Å². The van der Waals surface area contributed by atoms with Crippen LogP contribution in [0.2, 0.25) is 0 Å². The van der Waals surface area contributed by atoms with E-state index in [2.05, 4.69) is 9.98 Å². The summed E-state index contributed by atoms with van der Waals surface area (Å²) in [7, 11) is 3.35. The van der Waals surface area contributed by atoms with Gasteiger partial charge in [-0.1, -0.05) is 11.8 Å². The van der Waals surface area contributed by atoms with Crippen molar-refractivity contribution in [2.24, 2.45) is 15.7 Å². The highest BCUT2D eigenvalue weighted by Gasteiger charge is 2.07. The molecule has 0 amide bonds.